The second kappa shape index (κ2) is 9.99. The van der Waals surface area contributed by atoms with Crippen LogP contribution in [-0.4, -0.2) is 41.3 Å². The second-order valence-corrected chi connectivity index (χ2v) is 8.60. The molecule has 1 atom stereocenters. The van der Waals surface area contributed by atoms with E-state index in [-0.39, 0.29) is 43.4 Å². The molecule has 0 saturated carbocycles. The van der Waals surface area contributed by atoms with E-state index < -0.39 is 0 Å². The number of rotatable bonds is 8. The molecule has 32 heavy (non-hydrogen) atoms. The minimum absolute atomic E-state index is 0.0384. The summed E-state index contributed by atoms with van der Waals surface area (Å²) in [4.78, 5) is 30.4. The number of ether oxygens (including phenoxy) is 1. The first-order valence-corrected chi connectivity index (χ1v) is 11.5. The number of carbonyl (C=O) groups excluding carboxylic acids is 2. The summed E-state index contributed by atoms with van der Waals surface area (Å²) in [5.41, 5.74) is 1.05. The third-order valence-electron chi connectivity index (χ3n) is 5.53. The Morgan fingerprint density at radius 2 is 2.16 bits per heavy atom. The van der Waals surface area contributed by atoms with Gasteiger partial charge < -0.3 is 19.0 Å². The van der Waals surface area contributed by atoms with Crippen LogP contribution in [0.5, 0.6) is 5.75 Å². The van der Waals surface area contributed by atoms with Gasteiger partial charge in [-0.05, 0) is 47.7 Å². The molecule has 3 aromatic rings. The van der Waals surface area contributed by atoms with E-state index in [0.29, 0.717) is 24.5 Å². The van der Waals surface area contributed by atoms with Gasteiger partial charge in [0.25, 0.3) is 0 Å². The molecule has 2 amide bonds. The van der Waals surface area contributed by atoms with Gasteiger partial charge in [-0.15, -0.1) is 11.3 Å². The fourth-order valence-electron chi connectivity index (χ4n) is 3.91. The molecule has 0 spiro atoms. The van der Waals surface area contributed by atoms with Crippen LogP contribution in [0, 0.1) is 5.82 Å². The monoisotopic (exact) mass is 456 g/mol. The maximum Gasteiger partial charge on any atom is 0.242 e. The highest BCUT2D eigenvalue weighted by Crippen LogP contribution is 2.34. The molecule has 0 bridgehead atoms. The lowest BCUT2D eigenvalue weighted by Gasteiger charge is -2.37. The van der Waals surface area contributed by atoms with Crippen molar-refractivity contribution in [3.05, 3.63) is 76.1 Å². The average Bonchev–Trinajstić information content (AvgIpc) is 3.48. The van der Waals surface area contributed by atoms with Crippen molar-refractivity contribution < 1.29 is 23.1 Å². The van der Waals surface area contributed by atoms with Crippen LogP contribution in [0.3, 0.4) is 0 Å². The summed E-state index contributed by atoms with van der Waals surface area (Å²) in [5, 5.41) is 2.01. The highest BCUT2D eigenvalue weighted by atomic mass is 32.1. The number of halogens is 1. The largest absolute Gasteiger partial charge is 0.491 e. The van der Waals surface area contributed by atoms with Crippen LogP contribution < -0.4 is 4.74 Å². The van der Waals surface area contributed by atoms with Crippen LogP contribution in [0.25, 0.3) is 0 Å². The van der Waals surface area contributed by atoms with E-state index in [4.69, 9.17) is 9.15 Å². The Kier molecular flexibility index (Phi) is 6.90. The maximum atomic E-state index is 13.5. The van der Waals surface area contributed by atoms with Gasteiger partial charge in [0.2, 0.25) is 11.8 Å². The number of furan rings is 1. The summed E-state index contributed by atoms with van der Waals surface area (Å²) in [7, 11) is 0. The Morgan fingerprint density at radius 1 is 1.28 bits per heavy atom. The molecule has 0 unspecified atom stereocenters. The number of hydrogen-bond acceptors (Lipinski definition) is 5. The third-order valence-corrected chi connectivity index (χ3v) is 6.52. The number of carbonyl (C=O) groups is 2. The summed E-state index contributed by atoms with van der Waals surface area (Å²) in [6.45, 7) is 2.73. The normalized spacial score (nSPS) is 15.3. The molecule has 0 saturated heterocycles. The molecule has 0 N–H and O–H groups in total. The lowest BCUT2D eigenvalue weighted by atomic mass is 10.0. The van der Waals surface area contributed by atoms with Crippen molar-refractivity contribution in [3.63, 3.8) is 0 Å². The topological polar surface area (TPSA) is 63.0 Å². The minimum Gasteiger partial charge on any atom is -0.491 e. The summed E-state index contributed by atoms with van der Waals surface area (Å²) < 4.78 is 24.8. The Balaban J connectivity index is 1.51. The average molecular weight is 457 g/mol. The molecule has 3 heterocycles. The Labute approximate surface area is 190 Å². The lowest BCUT2D eigenvalue weighted by molar-refractivity contribution is -0.143. The molecule has 1 aromatic carbocycles. The van der Waals surface area contributed by atoms with Gasteiger partial charge in [-0.3, -0.25) is 9.59 Å². The van der Waals surface area contributed by atoms with Gasteiger partial charge in [0.05, 0.1) is 18.8 Å². The van der Waals surface area contributed by atoms with E-state index in [2.05, 4.69) is 0 Å². The zero-order chi connectivity index (χ0) is 22.5. The van der Waals surface area contributed by atoms with Crippen LogP contribution in [0.15, 0.2) is 58.5 Å². The number of fused-ring (bicyclic) bond motifs is 1. The van der Waals surface area contributed by atoms with Gasteiger partial charge in [-0.1, -0.05) is 13.0 Å². The summed E-state index contributed by atoms with van der Waals surface area (Å²) >= 11 is 1.66. The summed E-state index contributed by atoms with van der Waals surface area (Å²) in [6, 6.07) is 11.2. The fraction of sp³-hybridized carbons (Fsp3) is 0.333. The Hall–Kier alpha value is -3.13. The first-order valence-electron chi connectivity index (χ1n) is 10.6. The van der Waals surface area contributed by atoms with Crippen LogP contribution in [0.2, 0.25) is 0 Å². The predicted octanol–water partition coefficient (Wildman–Crippen LogP) is 4.42. The van der Waals surface area contributed by atoms with Crippen molar-refractivity contribution in [2.45, 2.75) is 32.4 Å². The van der Waals surface area contributed by atoms with Gasteiger partial charge in [0, 0.05) is 23.9 Å². The highest BCUT2D eigenvalue weighted by molar-refractivity contribution is 7.10. The first-order chi connectivity index (χ1) is 15.5. The molecule has 0 aliphatic carbocycles. The summed E-state index contributed by atoms with van der Waals surface area (Å²) in [5.74, 6) is 0.408. The van der Waals surface area contributed by atoms with Crippen molar-refractivity contribution in [1.82, 2.24) is 9.80 Å². The van der Waals surface area contributed by atoms with E-state index >= 15 is 0 Å². The van der Waals surface area contributed by atoms with E-state index in [1.165, 1.54) is 21.9 Å². The van der Waals surface area contributed by atoms with Crippen molar-refractivity contribution in [2.75, 3.05) is 19.7 Å². The first kappa shape index (κ1) is 22.1. The molecule has 0 fully saturated rings. The number of thiophene rings is 1. The zero-order valence-electron chi connectivity index (χ0n) is 17.8. The highest BCUT2D eigenvalue weighted by Gasteiger charge is 2.33. The van der Waals surface area contributed by atoms with E-state index in [1.54, 1.807) is 53.7 Å². The number of benzene rings is 1. The molecule has 168 valence electrons. The number of nitrogens with zero attached hydrogens (tertiary/aromatic N) is 2. The van der Waals surface area contributed by atoms with Gasteiger partial charge >= 0.3 is 0 Å². The maximum absolute atomic E-state index is 13.5. The van der Waals surface area contributed by atoms with Crippen LogP contribution in [-0.2, 0) is 22.6 Å². The van der Waals surface area contributed by atoms with Gasteiger partial charge in [-0.2, -0.15) is 0 Å². The molecular formula is C24H25FN2O4S. The van der Waals surface area contributed by atoms with Crippen LogP contribution >= 0.6 is 11.3 Å². The van der Waals surface area contributed by atoms with Crippen molar-refractivity contribution in [2.24, 2.45) is 0 Å². The predicted molar refractivity (Wildman–Crippen MR) is 119 cm³/mol. The van der Waals surface area contributed by atoms with Gasteiger partial charge in [-0.25, -0.2) is 4.39 Å². The van der Waals surface area contributed by atoms with Crippen LogP contribution in [0.1, 0.15) is 35.6 Å². The molecule has 1 aliphatic heterocycles. The zero-order valence-corrected chi connectivity index (χ0v) is 18.6. The molecule has 4 rings (SSSR count). The fourth-order valence-corrected chi connectivity index (χ4v) is 4.84. The van der Waals surface area contributed by atoms with Crippen LogP contribution in [0.4, 0.5) is 4.39 Å². The Morgan fingerprint density at radius 3 is 2.91 bits per heavy atom. The minimum atomic E-state index is -0.373. The standard InChI is InChI=1S/C24H25FN2O4S/c1-2-23(28)26(14-19-7-4-11-30-19)15-24(29)27-10-8-22-20(9-12-32-22)21(27)16-31-18-6-3-5-17(25)13-18/h3-7,9,11-13,21H,2,8,10,14-16H2,1H3/t21-/m1/s1. The number of hydrogen-bond donors (Lipinski definition) is 0. The quantitative estimate of drug-likeness (QED) is 0.503. The van der Waals surface area contributed by atoms with Crippen molar-refractivity contribution >= 4 is 23.2 Å². The van der Waals surface area contributed by atoms with E-state index in [1.807, 2.05) is 11.4 Å². The lowest BCUT2D eigenvalue weighted by Crippen LogP contribution is -2.47. The molecule has 1 aliphatic rings. The molecule has 2 aromatic heterocycles. The van der Waals surface area contributed by atoms with E-state index in [0.717, 1.165) is 12.0 Å². The molecule has 8 heteroatoms. The van der Waals surface area contributed by atoms with Crippen molar-refractivity contribution in [1.29, 1.82) is 0 Å². The van der Waals surface area contributed by atoms with Crippen molar-refractivity contribution in [3.8, 4) is 5.75 Å². The summed E-state index contributed by atoms with van der Waals surface area (Å²) in [6.07, 6.45) is 2.61. The second-order valence-electron chi connectivity index (χ2n) is 7.60. The smallest absolute Gasteiger partial charge is 0.242 e. The van der Waals surface area contributed by atoms with Gasteiger partial charge in [0.15, 0.2) is 0 Å². The molecule has 6 nitrogen and oxygen atoms in total. The SMILES string of the molecule is CCC(=O)N(CC(=O)N1CCc2sccc2[C@H]1COc1cccc(F)c1)Cc1ccco1. The molecular weight excluding hydrogens is 431 g/mol. The molecule has 0 radical (unpaired) electrons. The van der Waals surface area contributed by atoms with E-state index in [9.17, 15) is 14.0 Å². The third kappa shape index (κ3) is 5.02. The Bertz CT molecular complexity index is 1070. The van der Waals surface area contributed by atoms with Gasteiger partial charge in [0.1, 0.15) is 30.5 Å². The number of amides is 2.